The summed E-state index contributed by atoms with van der Waals surface area (Å²) in [5.41, 5.74) is 0. The molecule has 0 heterocycles. The minimum absolute atomic E-state index is 0.136. The van der Waals surface area contributed by atoms with Crippen LogP contribution in [0.15, 0.2) is 0 Å². The summed E-state index contributed by atoms with van der Waals surface area (Å²) in [7, 11) is -2.40. The molecule has 3 nitrogen and oxygen atoms in total. The SMILES string of the molecule is CC(C)C(O)[P+](=O)O. The molecule has 2 N–H and O–H groups in total. The predicted molar refractivity (Wildman–Crippen MR) is 30.7 cm³/mol. The lowest BCUT2D eigenvalue weighted by molar-refractivity contribution is 0.190. The highest BCUT2D eigenvalue weighted by molar-refractivity contribution is 7.38. The lowest BCUT2D eigenvalue weighted by atomic mass is 10.2. The topological polar surface area (TPSA) is 57.5 Å². The molecule has 2 atom stereocenters. The first kappa shape index (κ1) is 8.02. The lowest BCUT2D eigenvalue weighted by Gasteiger charge is -1.97. The summed E-state index contributed by atoms with van der Waals surface area (Å²) in [5, 5.41) is 8.67. The second-order valence-corrected chi connectivity index (χ2v) is 3.09. The molecule has 0 aromatic carbocycles. The third kappa shape index (κ3) is 2.36. The van der Waals surface area contributed by atoms with Crippen LogP contribution in [0.5, 0.6) is 0 Å². The smallest absolute Gasteiger partial charge is 0.348 e. The van der Waals surface area contributed by atoms with Crippen molar-refractivity contribution in [2.24, 2.45) is 5.92 Å². The molecule has 0 aliphatic heterocycles. The molecular formula is C4H10O3P+. The van der Waals surface area contributed by atoms with Gasteiger partial charge in [-0.2, -0.15) is 4.89 Å². The molecule has 0 aliphatic rings. The van der Waals surface area contributed by atoms with Crippen molar-refractivity contribution in [1.29, 1.82) is 0 Å². The largest absolute Gasteiger partial charge is 0.537 e. The van der Waals surface area contributed by atoms with Gasteiger partial charge < -0.3 is 5.11 Å². The van der Waals surface area contributed by atoms with Crippen LogP contribution in [0.2, 0.25) is 0 Å². The molecule has 8 heavy (non-hydrogen) atoms. The van der Waals surface area contributed by atoms with E-state index >= 15 is 0 Å². The summed E-state index contributed by atoms with van der Waals surface area (Å²) in [5.74, 6) is -1.20. The van der Waals surface area contributed by atoms with E-state index in [0.717, 1.165) is 0 Å². The highest BCUT2D eigenvalue weighted by Gasteiger charge is 2.28. The first-order valence-corrected chi connectivity index (χ1v) is 3.67. The number of aliphatic hydroxyl groups is 1. The standard InChI is InChI=1S/C4H9O3P/c1-3(2)4(5)8(6)7/h3-5H,1-2H3/p+1. The Morgan fingerprint density at radius 3 is 1.88 bits per heavy atom. The highest BCUT2D eigenvalue weighted by Crippen LogP contribution is 2.25. The van der Waals surface area contributed by atoms with Gasteiger partial charge in [-0.25, -0.2) is 0 Å². The van der Waals surface area contributed by atoms with Gasteiger partial charge in [-0.15, -0.1) is 0 Å². The molecular weight excluding hydrogens is 127 g/mol. The van der Waals surface area contributed by atoms with Gasteiger partial charge in [-0.05, 0) is 4.57 Å². The Hall–Kier alpha value is 0.0200. The van der Waals surface area contributed by atoms with Crippen LogP contribution in [0.25, 0.3) is 0 Å². The second kappa shape index (κ2) is 3.13. The maximum absolute atomic E-state index is 10.0. The third-order valence-electron chi connectivity index (χ3n) is 0.823. The number of hydrogen-bond acceptors (Lipinski definition) is 2. The molecule has 0 aromatic rings. The zero-order valence-electron chi connectivity index (χ0n) is 4.90. The minimum atomic E-state index is -2.40. The van der Waals surface area contributed by atoms with E-state index in [0.29, 0.717) is 0 Å². The lowest BCUT2D eigenvalue weighted by Crippen LogP contribution is -2.08. The fourth-order valence-corrected chi connectivity index (χ4v) is 0.765. The van der Waals surface area contributed by atoms with Crippen molar-refractivity contribution >= 4 is 8.03 Å². The zero-order chi connectivity index (χ0) is 6.73. The maximum Gasteiger partial charge on any atom is 0.537 e. The van der Waals surface area contributed by atoms with Gasteiger partial charge >= 0.3 is 8.03 Å². The number of rotatable bonds is 2. The summed E-state index contributed by atoms with van der Waals surface area (Å²) >= 11 is 0. The van der Waals surface area contributed by atoms with E-state index in [1.807, 2.05) is 0 Å². The Labute approximate surface area is 49.2 Å². The van der Waals surface area contributed by atoms with Crippen LogP contribution in [0.1, 0.15) is 13.8 Å². The van der Waals surface area contributed by atoms with E-state index in [4.69, 9.17) is 10.00 Å². The average Bonchev–Trinajstić information content (AvgIpc) is 1.64. The molecule has 2 unspecified atom stereocenters. The maximum atomic E-state index is 10.0. The molecule has 0 bridgehead atoms. The summed E-state index contributed by atoms with van der Waals surface area (Å²) < 4.78 is 10.0. The molecule has 0 rings (SSSR count). The van der Waals surface area contributed by atoms with Crippen molar-refractivity contribution in [3.63, 3.8) is 0 Å². The third-order valence-corrected chi connectivity index (χ3v) is 1.87. The Morgan fingerprint density at radius 1 is 1.50 bits per heavy atom. The molecule has 0 fully saturated rings. The quantitative estimate of drug-likeness (QED) is 0.550. The monoisotopic (exact) mass is 137 g/mol. The molecule has 48 valence electrons. The van der Waals surface area contributed by atoms with Crippen LogP contribution in [-0.2, 0) is 4.57 Å². The molecule has 0 aliphatic carbocycles. The fraction of sp³-hybridized carbons (Fsp3) is 1.00. The first-order chi connectivity index (χ1) is 3.55. The predicted octanol–water partition coefficient (Wildman–Crippen LogP) is 0.695. The molecule has 0 saturated heterocycles. The summed E-state index contributed by atoms with van der Waals surface area (Å²) in [6, 6.07) is 0. The zero-order valence-corrected chi connectivity index (χ0v) is 5.80. The van der Waals surface area contributed by atoms with Gasteiger partial charge in [0.1, 0.15) is 0 Å². The van der Waals surface area contributed by atoms with Gasteiger partial charge in [-0.1, -0.05) is 13.8 Å². The van der Waals surface area contributed by atoms with Crippen molar-refractivity contribution in [3.8, 4) is 0 Å². The minimum Gasteiger partial charge on any atom is -0.348 e. The Morgan fingerprint density at radius 2 is 1.88 bits per heavy atom. The molecule has 0 spiro atoms. The molecule has 0 radical (unpaired) electrons. The summed E-state index contributed by atoms with van der Waals surface area (Å²) in [6.45, 7) is 3.38. The Kier molecular flexibility index (Phi) is 3.13. The van der Waals surface area contributed by atoms with Gasteiger partial charge in [0.05, 0.1) is 0 Å². The molecule has 0 amide bonds. The van der Waals surface area contributed by atoms with Gasteiger partial charge in [0.25, 0.3) is 5.85 Å². The normalized spacial score (nSPS) is 16.4. The molecule has 4 heteroatoms. The molecule has 0 saturated carbocycles. The van der Waals surface area contributed by atoms with Gasteiger partial charge in [0, 0.05) is 5.92 Å². The first-order valence-electron chi connectivity index (χ1n) is 2.39. The summed E-state index contributed by atoms with van der Waals surface area (Å²) in [4.78, 5) is 8.25. The summed E-state index contributed by atoms with van der Waals surface area (Å²) in [6.07, 6.45) is 0. The van der Waals surface area contributed by atoms with E-state index in [1.54, 1.807) is 13.8 Å². The van der Waals surface area contributed by atoms with Crippen molar-refractivity contribution in [2.75, 3.05) is 0 Å². The Bertz CT molecular complexity index is 91.3. The second-order valence-electron chi connectivity index (χ2n) is 1.96. The van der Waals surface area contributed by atoms with Crippen molar-refractivity contribution in [3.05, 3.63) is 0 Å². The van der Waals surface area contributed by atoms with Crippen LogP contribution in [-0.4, -0.2) is 15.8 Å². The van der Waals surface area contributed by atoms with Crippen LogP contribution < -0.4 is 0 Å². The van der Waals surface area contributed by atoms with Gasteiger partial charge in [0.15, 0.2) is 0 Å². The van der Waals surface area contributed by atoms with Crippen LogP contribution >= 0.6 is 8.03 Å². The number of hydrogen-bond donors (Lipinski definition) is 2. The van der Waals surface area contributed by atoms with Crippen LogP contribution in [0, 0.1) is 5.92 Å². The average molecular weight is 137 g/mol. The van der Waals surface area contributed by atoms with Crippen molar-refractivity contribution in [1.82, 2.24) is 0 Å². The Balaban J connectivity index is 3.64. The highest BCUT2D eigenvalue weighted by atomic mass is 31.1. The van der Waals surface area contributed by atoms with E-state index in [-0.39, 0.29) is 5.92 Å². The fourth-order valence-electron chi connectivity index (χ4n) is 0.255. The molecule has 0 aromatic heterocycles. The van der Waals surface area contributed by atoms with E-state index in [1.165, 1.54) is 0 Å². The van der Waals surface area contributed by atoms with Crippen molar-refractivity contribution < 1.29 is 14.6 Å². The van der Waals surface area contributed by atoms with Gasteiger partial charge in [-0.3, -0.25) is 0 Å². The number of aliphatic hydroxyl groups excluding tert-OH is 1. The van der Waals surface area contributed by atoms with E-state index in [2.05, 4.69) is 0 Å². The van der Waals surface area contributed by atoms with Crippen LogP contribution in [0.4, 0.5) is 0 Å². The van der Waals surface area contributed by atoms with E-state index in [9.17, 15) is 4.57 Å². The van der Waals surface area contributed by atoms with Gasteiger partial charge in [0.2, 0.25) is 0 Å². The van der Waals surface area contributed by atoms with E-state index < -0.39 is 13.9 Å². The van der Waals surface area contributed by atoms with Crippen molar-refractivity contribution in [2.45, 2.75) is 19.7 Å². The van der Waals surface area contributed by atoms with Crippen LogP contribution in [0.3, 0.4) is 0 Å².